The van der Waals surface area contributed by atoms with Crippen LogP contribution in [-0.2, 0) is 76.0 Å². The molecule has 39 heteroatoms. The summed E-state index contributed by atoms with van der Waals surface area (Å²) in [5.74, 6) is -8.38. The molecule has 6 fully saturated rings. The molecule has 0 radical (unpaired) electrons. The van der Waals surface area contributed by atoms with Gasteiger partial charge in [0.1, 0.15) is 141 Å². The summed E-state index contributed by atoms with van der Waals surface area (Å²) in [6.45, 7) is -1.08. The third-order valence-electron chi connectivity index (χ3n) is 23.8. The van der Waals surface area contributed by atoms with Gasteiger partial charge in [0.25, 0.3) is 5.79 Å². The average molecular weight is 1770 g/mol. The van der Waals surface area contributed by atoms with Gasteiger partial charge in [0.2, 0.25) is 17.7 Å². The fourth-order valence-electron chi connectivity index (χ4n) is 16.4. The molecule has 0 aromatic heterocycles. The van der Waals surface area contributed by atoms with Crippen molar-refractivity contribution in [1.82, 2.24) is 16.0 Å². The maximum atomic E-state index is 14.0. The number of aliphatic carboxylic acids is 1. The van der Waals surface area contributed by atoms with E-state index >= 15 is 0 Å². The summed E-state index contributed by atoms with van der Waals surface area (Å²) in [6.07, 6.45) is -23.1. The number of ether oxygens (including phenoxy) is 12. The lowest BCUT2D eigenvalue weighted by Gasteiger charge is -2.53. The third kappa shape index (κ3) is 32.5. The van der Waals surface area contributed by atoms with E-state index in [0.29, 0.717) is 12.8 Å². The lowest BCUT2D eigenvalue weighted by atomic mass is 9.88. The monoisotopic (exact) mass is 1760 g/mol. The number of carboxylic acids is 1. The van der Waals surface area contributed by atoms with Gasteiger partial charge in [-0.05, 0) is 26.2 Å². The van der Waals surface area contributed by atoms with Crippen molar-refractivity contribution in [2.24, 2.45) is 0 Å². The molecule has 122 heavy (non-hydrogen) atoms. The van der Waals surface area contributed by atoms with Crippen LogP contribution in [0.25, 0.3) is 0 Å². The second-order valence-electron chi connectivity index (χ2n) is 33.5. The van der Waals surface area contributed by atoms with Crippen molar-refractivity contribution in [3.8, 4) is 0 Å². The van der Waals surface area contributed by atoms with E-state index in [4.69, 9.17) is 56.8 Å². The number of nitrogens with one attached hydrogen (secondary N) is 3. The summed E-state index contributed by atoms with van der Waals surface area (Å²) >= 11 is 0. The number of carbonyl (C=O) groups excluding carboxylic acids is 3. The number of allylic oxidation sites excluding steroid dienone is 1. The van der Waals surface area contributed by atoms with Crippen LogP contribution in [0.3, 0.4) is 0 Å². The van der Waals surface area contributed by atoms with Gasteiger partial charge in [-0.1, -0.05) is 206 Å². The first-order valence-electron chi connectivity index (χ1n) is 44.6. The SMILES string of the molecule is CCCCCCCCCCCCC/C=C/[C@@H](O)[C@H](CO[C@@H]1OC(CO)[C@@H](O[C@@H]2OC(CO)[C@H](O[C@@H]3OC(CO)[C@H](O)[C@H](O[C@@H]4OC(CO)[C@H](O)[C@H](O)C4O[C@H]4OC(C)[C@@H](O)C(O)[C@@H]4O)C3NC(C)=O)[C@H](O[C@]3(C(=O)O)CC(O)[C@@H](NC(=O)CO)C([C@H](O)[C@H](O)CO)O3)C2O)[C@H](O)C1O)NC(=O)CCCCCCCCCCCCCCCCCCCCC. The molecule has 0 aromatic rings. The van der Waals surface area contributed by atoms with E-state index < -0.39 is 278 Å². The van der Waals surface area contributed by atoms with Crippen molar-refractivity contribution in [2.45, 2.75) is 441 Å². The molecule has 6 aliphatic heterocycles. The van der Waals surface area contributed by atoms with Gasteiger partial charge < -0.3 is 175 Å². The van der Waals surface area contributed by atoms with Crippen LogP contribution in [-0.4, -0.2) is 374 Å². The van der Waals surface area contributed by atoms with Crippen LogP contribution in [0, 0.1) is 0 Å². The highest BCUT2D eigenvalue weighted by Gasteiger charge is 2.63. The minimum atomic E-state index is -3.50. The highest BCUT2D eigenvalue weighted by atomic mass is 16.8. The standard InChI is InChI=1S/C83H149N3O36/c1-5-7-9-11-13-15-17-19-20-21-22-23-24-26-28-30-32-34-36-38-57(97)85-49(50(94)37-35-33-31-29-27-25-18-16-14-12-10-8-6-2)46-111-78-69(107)67(105)71(55(43-90)115-78)117-80-70(108)75(122-83(82(109)110)39-51(95)59(86-58(98)45-92)74(121-83)62(100)52(96)40-87)72(56(44-91)116-80)118-77-60(84-48(4)93)73(64(102)54(42-89)113-77)119-81-76(66(104)63(101)53(41-88)114-81)120-79-68(106)65(103)61(99)47(3)112-79/h35,37,47,49-56,59-81,87-92,94-96,99-108H,5-34,36,38-46H2,1-4H3,(H,84,93)(H,85,97)(H,86,98)(H,109,110)/b37-35+/t47?,49-,50+,51?,52+,53?,54?,55?,56?,59+,60?,61+,62+,63-,64-,65?,66-,67+,68-,69?,70?,71+,72-,73+,74?,75+,76?,77-,78+,79+,80-,81-,83-/m0/s1. The number of rotatable bonds is 59. The number of amides is 3. The predicted molar refractivity (Wildman–Crippen MR) is 429 cm³/mol. The Hall–Kier alpha value is -3.62. The van der Waals surface area contributed by atoms with Crippen molar-refractivity contribution >= 4 is 23.7 Å². The number of unbranched alkanes of at least 4 members (excludes halogenated alkanes) is 29. The van der Waals surface area contributed by atoms with Crippen LogP contribution >= 0.6 is 0 Å². The van der Waals surface area contributed by atoms with Gasteiger partial charge in [-0.25, -0.2) is 4.79 Å². The molecule has 0 aliphatic carbocycles. The van der Waals surface area contributed by atoms with Gasteiger partial charge in [-0.3, -0.25) is 14.4 Å². The summed E-state index contributed by atoms with van der Waals surface area (Å²) in [5.41, 5.74) is 0. The van der Waals surface area contributed by atoms with Crippen LogP contribution in [0.4, 0.5) is 0 Å². The lowest BCUT2D eigenvalue weighted by molar-refractivity contribution is -0.405. The van der Waals surface area contributed by atoms with Crippen molar-refractivity contribution in [3.05, 3.63) is 12.2 Å². The molecule has 12 unspecified atom stereocenters. The molecule has 6 aliphatic rings. The Morgan fingerprint density at radius 3 is 1.42 bits per heavy atom. The number of hydrogen-bond donors (Lipinski definition) is 23. The maximum Gasteiger partial charge on any atom is 0.364 e. The second kappa shape index (κ2) is 56.7. The van der Waals surface area contributed by atoms with Gasteiger partial charge in [0, 0.05) is 19.8 Å². The molecule has 0 aromatic carbocycles. The fourth-order valence-corrected chi connectivity index (χ4v) is 16.4. The van der Waals surface area contributed by atoms with Crippen LogP contribution in [0.2, 0.25) is 0 Å². The summed E-state index contributed by atoms with van der Waals surface area (Å²) in [4.78, 5) is 53.9. The zero-order chi connectivity index (χ0) is 89.6. The van der Waals surface area contributed by atoms with Gasteiger partial charge in [-0.2, -0.15) is 0 Å². The van der Waals surface area contributed by atoms with Gasteiger partial charge >= 0.3 is 5.97 Å². The fraction of sp³-hybridized carbons (Fsp3) is 0.928. The Kier molecular flexibility index (Phi) is 49.8. The molecule has 0 bridgehead atoms. The van der Waals surface area contributed by atoms with E-state index in [0.717, 1.165) is 71.1 Å². The molecule has 6 rings (SSSR count). The van der Waals surface area contributed by atoms with Crippen LogP contribution in [0.15, 0.2) is 12.2 Å². The highest BCUT2D eigenvalue weighted by molar-refractivity contribution is 5.78. The highest BCUT2D eigenvalue weighted by Crippen LogP contribution is 2.42. The van der Waals surface area contributed by atoms with E-state index in [9.17, 15) is 121 Å². The molecule has 39 nitrogen and oxygen atoms in total. The Balaban J connectivity index is 1.24. The smallest absolute Gasteiger partial charge is 0.364 e. The number of carboxylic acid groups (broad SMARTS) is 1. The Labute approximate surface area is 714 Å². The van der Waals surface area contributed by atoms with Crippen molar-refractivity contribution in [1.29, 1.82) is 0 Å². The van der Waals surface area contributed by atoms with E-state index in [1.807, 2.05) is 0 Å². The maximum absolute atomic E-state index is 14.0. The molecule has 33 atom stereocenters. The molecule has 6 saturated heterocycles. The summed E-state index contributed by atoms with van der Waals surface area (Å²) in [7, 11) is 0. The Morgan fingerprint density at radius 1 is 0.451 bits per heavy atom. The summed E-state index contributed by atoms with van der Waals surface area (Å²) in [5, 5.41) is 231. The zero-order valence-electron chi connectivity index (χ0n) is 71.4. The topological polar surface area (TPSA) is 620 Å². The van der Waals surface area contributed by atoms with E-state index in [-0.39, 0.29) is 6.42 Å². The first kappa shape index (κ1) is 107. The zero-order valence-corrected chi connectivity index (χ0v) is 71.4. The average Bonchev–Trinajstić information content (AvgIpc) is 0.748. The minimum absolute atomic E-state index is 0.111. The molecular formula is C83H149N3O36. The van der Waals surface area contributed by atoms with E-state index in [1.54, 1.807) is 6.08 Å². The number of hydrogen-bond acceptors (Lipinski definition) is 35. The molecule has 0 spiro atoms. The Bertz CT molecular complexity index is 2910. The molecule has 3 amide bonds. The molecule has 23 N–H and O–H groups in total. The van der Waals surface area contributed by atoms with E-state index in [1.165, 1.54) is 135 Å². The number of aliphatic hydroxyl groups excluding tert-OH is 19. The van der Waals surface area contributed by atoms with E-state index in [2.05, 4.69) is 29.8 Å². The molecule has 712 valence electrons. The molecular weight excluding hydrogens is 1610 g/mol. The van der Waals surface area contributed by atoms with Crippen molar-refractivity contribution in [3.63, 3.8) is 0 Å². The van der Waals surface area contributed by atoms with Crippen molar-refractivity contribution < 1.29 is 178 Å². The van der Waals surface area contributed by atoms with Gasteiger partial charge in [0.15, 0.2) is 31.5 Å². The van der Waals surface area contributed by atoms with Crippen LogP contribution < -0.4 is 16.0 Å². The Morgan fingerprint density at radius 2 is 0.902 bits per heavy atom. The largest absolute Gasteiger partial charge is 0.477 e. The van der Waals surface area contributed by atoms with Crippen LogP contribution in [0.1, 0.15) is 240 Å². The van der Waals surface area contributed by atoms with Crippen molar-refractivity contribution in [2.75, 3.05) is 46.2 Å². The normalized spacial score (nSPS) is 35.6. The van der Waals surface area contributed by atoms with Gasteiger partial charge in [0.05, 0.1) is 70.0 Å². The number of aliphatic hydroxyl groups is 19. The minimum Gasteiger partial charge on any atom is -0.477 e. The lowest BCUT2D eigenvalue weighted by Crippen LogP contribution is -2.72. The van der Waals surface area contributed by atoms with Gasteiger partial charge in [-0.15, -0.1) is 0 Å². The molecule has 6 heterocycles. The predicted octanol–water partition coefficient (Wildman–Crippen LogP) is -1.66. The second-order valence-corrected chi connectivity index (χ2v) is 33.5. The first-order valence-corrected chi connectivity index (χ1v) is 44.6. The quantitative estimate of drug-likeness (QED) is 0.0239. The molecule has 0 saturated carbocycles. The first-order chi connectivity index (χ1) is 58.5. The number of carbonyl (C=O) groups is 4. The summed E-state index contributed by atoms with van der Waals surface area (Å²) in [6, 6.07) is -5.17. The third-order valence-corrected chi connectivity index (χ3v) is 23.8. The summed E-state index contributed by atoms with van der Waals surface area (Å²) < 4.78 is 72.5. The van der Waals surface area contributed by atoms with Crippen LogP contribution in [0.5, 0.6) is 0 Å².